The number of phenols is 2. The number of amides is 2. The summed E-state index contributed by atoms with van der Waals surface area (Å²) in [5, 5.41) is 24.3. The zero-order valence-corrected chi connectivity index (χ0v) is 23.6. The molecule has 176 valence electrons. The number of carbonyl (C=O) groups excluding carboxylic acids is 1. The minimum absolute atomic E-state index is 0.00703. The predicted octanol–water partition coefficient (Wildman–Crippen LogP) is 8.17. The summed E-state index contributed by atoms with van der Waals surface area (Å²) in [7, 11) is 0. The number of nitrogens with zero attached hydrogens (tertiary/aromatic N) is 1. The summed E-state index contributed by atoms with van der Waals surface area (Å²) in [5.41, 5.74) is 0.899. The van der Waals surface area contributed by atoms with Gasteiger partial charge in [-0.05, 0) is 93.8 Å². The minimum atomic E-state index is -0.516. The first-order chi connectivity index (χ1) is 14.5. The second-order valence-electron chi connectivity index (χ2n) is 9.71. The Bertz CT molecular complexity index is 1010. The smallest absolute Gasteiger partial charge is 0.322 e. The molecule has 0 heterocycles. The third-order valence-corrected chi connectivity index (χ3v) is 6.84. The first kappa shape index (κ1) is 27.1. The molecular formula is C23H28Br2Cl2N2O3. The molecule has 0 aliphatic heterocycles. The predicted molar refractivity (Wildman–Crippen MR) is 139 cm³/mol. The van der Waals surface area contributed by atoms with Gasteiger partial charge >= 0.3 is 6.03 Å². The molecule has 0 fully saturated rings. The van der Waals surface area contributed by atoms with E-state index in [1.807, 2.05) is 13.8 Å². The number of rotatable bonds is 5. The highest BCUT2D eigenvalue weighted by molar-refractivity contribution is 9.11. The van der Waals surface area contributed by atoms with Gasteiger partial charge in [-0.2, -0.15) is 0 Å². The van der Waals surface area contributed by atoms with Gasteiger partial charge in [0.25, 0.3) is 0 Å². The molecule has 0 radical (unpaired) electrons. The fourth-order valence-corrected chi connectivity index (χ4v) is 5.51. The zero-order chi connectivity index (χ0) is 24.6. The van der Waals surface area contributed by atoms with Crippen LogP contribution in [0.5, 0.6) is 11.5 Å². The molecule has 0 saturated heterocycles. The topological polar surface area (TPSA) is 72.8 Å². The third kappa shape index (κ3) is 6.69. The van der Waals surface area contributed by atoms with Crippen LogP contribution in [0.15, 0.2) is 27.1 Å². The van der Waals surface area contributed by atoms with E-state index in [1.54, 1.807) is 19.1 Å². The van der Waals surface area contributed by atoms with E-state index in [9.17, 15) is 15.0 Å². The summed E-state index contributed by atoms with van der Waals surface area (Å²) in [6.45, 7) is 12.0. The molecule has 2 aromatic rings. The van der Waals surface area contributed by atoms with Gasteiger partial charge in [-0.15, -0.1) is 0 Å². The molecule has 0 atom stereocenters. The maximum atomic E-state index is 13.5. The van der Waals surface area contributed by atoms with Crippen LogP contribution in [-0.4, -0.2) is 21.8 Å². The number of hydrogen-bond acceptors (Lipinski definition) is 3. The molecule has 0 aliphatic rings. The van der Waals surface area contributed by atoms with E-state index in [0.717, 1.165) is 6.42 Å². The van der Waals surface area contributed by atoms with Crippen LogP contribution in [0.4, 0.5) is 10.5 Å². The van der Waals surface area contributed by atoms with Gasteiger partial charge in [-0.3, -0.25) is 4.90 Å². The number of carbonyl (C=O) groups is 1. The van der Waals surface area contributed by atoms with Crippen molar-refractivity contribution in [2.45, 2.75) is 60.0 Å². The normalized spacial score (nSPS) is 12.1. The standard InChI is InChI=1S/C23H28Br2Cl2N2O3/c1-12-16(26)9-17(20(31)18(12)27)29(10-13-7-14(24)19(30)15(25)8-13)21(32)28-23(5,6)11-22(2,3)4/h7-9,30-31H,10-11H2,1-6H3,(H,28,32). The second kappa shape index (κ2) is 10.00. The van der Waals surface area contributed by atoms with E-state index in [-0.39, 0.29) is 34.2 Å². The summed E-state index contributed by atoms with van der Waals surface area (Å²) in [4.78, 5) is 14.9. The van der Waals surface area contributed by atoms with Crippen molar-refractivity contribution in [3.8, 4) is 11.5 Å². The first-order valence-electron chi connectivity index (χ1n) is 9.96. The Hall–Kier alpha value is -1.15. The maximum Gasteiger partial charge on any atom is 0.322 e. The lowest BCUT2D eigenvalue weighted by atomic mass is 9.82. The molecular weight excluding hydrogens is 583 g/mol. The zero-order valence-electron chi connectivity index (χ0n) is 18.9. The van der Waals surface area contributed by atoms with E-state index in [2.05, 4.69) is 57.9 Å². The summed E-state index contributed by atoms with van der Waals surface area (Å²) in [5.74, 6) is -0.172. The van der Waals surface area contributed by atoms with Crippen LogP contribution in [0.2, 0.25) is 10.0 Å². The maximum absolute atomic E-state index is 13.5. The Morgan fingerprint density at radius 2 is 1.56 bits per heavy atom. The van der Waals surface area contributed by atoms with Crippen LogP contribution in [0.1, 0.15) is 52.2 Å². The molecule has 5 nitrogen and oxygen atoms in total. The van der Waals surface area contributed by atoms with Gasteiger partial charge in [0.1, 0.15) is 5.75 Å². The average molecular weight is 611 g/mol. The van der Waals surface area contributed by atoms with Crippen molar-refractivity contribution in [2.24, 2.45) is 5.41 Å². The molecule has 2 aromatic carbocycles. The van der Waals surface area contributed by atoms with E-state index in [4.69, 9.17) is 23.2 Å². The van der Waals surface area contributed by atoms with Crippen molar-refractivity contribution in [1.29, 1.82) is 0 Å². The van der Waals surface area contributed by atoms with Gasteiger partial charge < -0.3 is 15.5 Å². The lowest BCUT2D eigenvalue weighted by molar-refractivity contribution is 0.215. The Labute approximate surface area is 216 Å². The number of halogens is 4. The number of phenolic OH excluding ortho intramolecular Hbond substituents is 2. The highest BCUT2D eigenvalue weighted by Gasteiger charge is 2.31. The van der Waals surface area contributed by atoms with Crippen molar-refractivity contribution in [3.63, 3.8) is 0 Å². The Balaban J connectivity index is 2.54. The van der Waals surface area contributed by atoms with Crippen molar-refractivity contribution in [1.82, 2.24) is 5.32 Å². The van der Waals surface area contributed by atoms with Crippen LogP contribution in [0.3, 0.4) is 0 Å². The van der Waals surface area contributed by atoms with Crippen molar-refractivity contribution in [2.75, 3.05) is 4.90 Å². The molecule has 0 aliphatic carbocycles. The largest absolute Gasteiger partial charge is 0.506 e. The SMILES string of the molecule is Cc1c(Cl)cc(N(Cc2cc(Br)c(O)c(Br)c2)C(=O)NC(C)(C)CC(C)(C)C)c(O)c1Cl. The van der Waals surface area contributed by atoms with E-state index < -0.39 is 11.6 Å². The number of urea groups is 1. The summed E-state index contributed by atoms with van der Waals surface area (Å²) in [6.07, 6.45) is 0.733. The minimum Gasteiger partial charge on any atom is -0.506 e. The fourth-order valence-electron chi connectivity index (χ4n) is 3.78. The van der Waals surface area contributed by atoms with Crippen LogP contribution in [0, 0.1) is 12.3 Å². The van der Waals surface area contributed by atoms with Crippen LogP contribution < -0.4 is 10.2 Å². The molecule has 0 bridgehead atoms. The quantitative estimate of drug-likeness (QED) is 0.320. The van der Waals surface area contributed by atoms with Crippen molar-refractivity contribution in [3.05, 3.63) is 48.3 Å². The highest BCUT2D eigenvalue weighted by atomic mass is 79.9. The summed E-state index contributed by atoms with van der Waals surface area (Å²) >= 11 is 19.3. The molecule has 0 saturated carbocycles. The van der Waals surface area contributed by atoms with Crippen LogP contribution >= 0.6 is 55.1 Å². The van der Waals surface area contributed by atoms with Gasteiger partial charge in [0, 0.05) is 10.6 Å². The fraction of sp³-hybridized carbons (Fsp3) is 0.435. The lowest BCUT2D eigenvalue weighted by Crippen LogP contribution is -2.51. The van der Waals surface area contributed by atoms with Gasteiger partial charge in [0.2, 0.25) is 0 Å². The Morgan fingerprint density at radius 3 is 2.06 bits per heavy atom. The number of benzene rings is 2. The number of aromatic hydroxyl groups is 2. The van der Waals surface area contributed by atoms with E-state index in [1.165, 1.54) is 11.0 Å². The van der Waals surface area contributed by atoms with Gasteiger partial charge in [0.15, 0.2) is 5.75 Å². The van der Waals surface area contributed by atoms with Crippen LogP contribution in [0.25, 0.3) is 0 Å². The first-order valence-corrected chi connectivity index (χ1v) is 12.3. The lowest BCUT2D eigenvalue weighted by Gasteiger charge is -2.36. The molecule has 32 heavy (non-hydrogen) atoms. The van der Waals surface area contributed by atoms with Gasteiger partial charge in [0.05, 0.1) is 26.2 Å². The van der Waals surface area contributed by atoms with Crippen LogP contribution in [-0.2, 0) is 6.54 Å². The second-order valence-corrected chi connectivity index (χ2v) is 12.2. The Kier molecular flexibility index (Phi) is 8.47. The molecule has 0 aromatic heterocycles. The molecule has 3 N–H and O–H groups in total. The van der Waals surface area contributed by atoms with Gasteiger partial charge in [-0.25, -0.2) is 4.79 Å². The third-order valence-electron chi connectivity index (χ3n) is 4.77. The monoisotopic (exact) mass is 608 g/mol. The average Bonchev–Trinajstić information content (AvgIpc) is 2.63. The molecule has 0 unspecified atom stereocenters. The molecule has 2 rings (SSSR count). The molecule has 9 heteroatoms. The van der Waals surface area contributed by atoms with E-state index >= 15 is 0 Å². The van der Waals surface area contributed by atoms with E-state index in [0.29, 0.717) is 25.1 Å². The summed E-state index contributed by atoms with van der Waals surface area (Å²) in [6, 6.07) is 4.52. The van der Waals surface area contributed by atoms with Gasteiger partial charge in [-0.1, -0.05) is 44.0 Å². The number of anilines is 1. The van der Waals surface area contributed by atoms with Crippen molar-refractivity contribution >= 4 is 66.8 Å². The summed E-state index contributed by atoms with van der Waals surface area (Å²) < 4.78 is 0.943. The highest BCUT2D eigenvalue weighted by Crippen LogP contribution is 2.42. The Morgan fingerprint density at radius 1 is 1.03 bits per heavy atom. The number of hydrogen-bond donors (Lipinski definition) is 3. The molecule has 0 spiro atoms. The molecule has 2 amide bonds. The number of nitrogens with one attached hydrogen (secondary N) is 1. The van der Waals surface area contributed by atoms with Crippen molar-refractivity contribution < 1.29 is 15.0 Å².